The summed E-state index contributed by atoms with van der Waals surface area (Å²) in [6.45, 7) is 9.65. The third-order valence-electron chi connectivity index (χ3n) is 8.12. The summed E-state index contributed by atoms with van der Waals surface area (Å²) >= 11 is 1.40. The van der Waals surface area contributed by atoms with Crippen molar-refractivity contribution in [1.29, 1.82) is 0 Å². The molecule has 0 bridgehead atoms. The van der Waals surface area contributed by atoms with Crippen molar-refractivity contribution in [2.45, 2.75) is 45.9 Å². The Bertz CT molecular complexity index is 1790. The van der Waals surface area contributed by atoms with E-state index in [9.17, 15) is 14.7 Å². The number of carbonyl (C=O) groups excluding carboxylic acids is 2. The van der Waals surface area contributed by atoms with Crippen molar-refractivity contribution < 1.29 is 24.2 Å². The predicted molar refractivity (Wildman–Crippen MR) is 190 cm³/mol. The minimum absolute atomic E-state index is 0.313. The van der Waals surface area contributed by atoms with Crippen molar-refractivity contribution in [2.75, 3.05) is 39.6 Å². The fraction of sp³-hybridized carbons (Fsp3) is 0.316. The van der Waals surface area contributed by atoms with E-state index in [0.717, 1.165) is 27.3 Å². The molecule has 1 amide bonds. The van der Waals surface area contributed by atoms with Crippen LogP contribution in [0.4, 0.5) is 10.5 Å². The number of aryl methyl sites for hydroxylation is 1. The second kappa shape index (κ2) is 14.1. The number of benzene rings is 3. The number of ether oxygens (including phenoxy) is 2. The zero-order valence-electron chi connectivity index (χ0n) is 28.1. The third kappa shape index (κ3) is 7.76. The third-order valence-corrected chi connectivity index (χ3v) is 9.17. The van der Waals surface area contributed by atoms with E-state index in [1.807, 2.05) is 81.4 Å². The van der Waals surface area contributed by atoms with Crippen molar-refractivity contribution in [3.8, 4) is 22.6 Å². The zero-order valence-corrected chi connectivity index (χ0v) is 28.9. The highest BCUT2D eigenvalue weighted by molar-refractivity contribution is 7.12. The van der Waals surface area contributed by atoms with Crippen molar-refractivity contribution in [3.63, 3.8) is 0 Å². The lowest BCUT2D eigenvalue weighted by atomic mass is 9.82. The number of anilines is 1. The topological polar surface area (TPSA) is 91.3 Å². The number of methoxy groups -OCH3 is 1. The highest BCUT2D eigenvalue weighted by Crippen LogP contribution is 2.44. The summed E-state index contributed by atoms with van der Waals surface area (Å²) in [5, 5.41) is 14.9. The first-order chi connectivity index (χ1) is 22.4. The molecule has 3 aromatic carbocycles. The summed E-state index contributed by atoms with van der Waals surface area (Å²) in [6, 6.07) is 22.5. The van der Waals surface area contributed by atoms with Gasteiger partial charge >= 0.3 is 6.09 Å². The number of hydrogen-bond acceptors (Lipinski definition) is 8. The van der Waals surface area contributed by atoms with Gasteiger partial charge in [0.25, 0.3) is 0 Å². The number of ketones is 1. The van der Waals surface area contributed by atoms with Crippen LogP contribution in [0.5, 0.6) is 11.5 Å². The lowest BCUT2D eigenvalue weighted by Crippen LogP contribution is -2.38. The predicted octanol–water partition coefficient (Wildman–Crippen LogP) is 7.82. The monoisotopic (exact) mass is 653 g/mol. The van der Waals surface area contributed by atoms with Gasteiger partial charge in [0, 0.05) is 57.8 Å². The Labute approximate surface area is 281 Å². The molecular formula is C38H43N3O5S. The van der Waals surface area contributed by atoms with Crippen LogP contribution in [0.1, 0.15) is 58.1 Å². The number of fused-ring (bicyclic) bond motifs is 1. The van der Waals surface area contributed by atoms with Gasteiger partial charge < -0.3 is 29.7 Å². The van der Waals surface area contributed by atoms with Crippen LogP contribution < -0.4 is 14.8 Å². The highest BCUT2D eigenvalue weighted by Gasteiger charge is 2.33. The number of hydrogen-bond donors (Lipinski definition) is 2. The first kappa shape index (κ1) is 33.9. The first-order valence-corrected chi connectivity index (χ1v) is 16.5. The van der Waals surface area contributed by atoms with E-state index in [-0.39, 0.29) is 5.54 Å². The summed E-state index contributed by atoms with van der Waals surface area (Å²) < 4.78 is 11.7. The van der Waals surface area contributed by atoms with Gasteiger partial charge in [0.2, 0.25) is 0 Å². The summed E-state index contributed by atoms with van der Waals surface area (Å²) in [5.41, 5.74) is 4.84. The van der Waals surface area contributed by atoms with Gasteiger partial charge in [-0.15, -0.1) is 11.3 Å². The minimum Gasteiger partial charge on any atom is -0.496 e. The van der Waals surface area contributed by atoms with Gasteiger partial charge in [-0.3, -0.25) is 4.79 Å². The number of aliphatic hydroxyl groups is 1. The number of carbonyl (C=O) groups is 2. The van der Waals surface area contributed by atoms with E-state index in [4.69, 9.17) is 9.47 Å². The number of Topliss-reactive ketones (excluding diaryl/α,β-unsaturated/α-hetero) is 1. The minimum atomic E-state index is -1.33. The van der Waals surface area contributed by atoms with Gasteiger partial charge in [-0.1, -0.05) is 42.5 Å². The molecule has 0 fully saturated rings. The zero-order chi connectivity index (χ0) is 33.9. The molecule has 1 aliphatic rings. The van der Waals surface area contributed by atoms with Crippen molar-refractivity contribution in [2.24, 2.45) is 0 Å². The van der Waals surface area contributed by atoms with E-state index < -0.39 is 18.0 Å². The lowest BCUT2D eigenvalue weighted by molar-refractivity contribution is 0.0754. The molecule has 1 unspecified atom stereocenters. The molecule has 0 saturated heterocycles. The quantitative estimate of drug-likeness (QED) is 0.160. The lowest BCUT2D eigenvalue weighted by Gasteiger charge is -2.33. The molecule has 1 atom stereocenters. The molecule has 1 aliphatic heterocycles. The Morgan fingerprint density at radius 2 is 1.68 bits per heavy atom. The Balaban J connectivity index is 1.53. The van der Waals surface area contributed by atoms with Crippen LogP contribution in [0, 0.1) is 6.92 Å². The fourth-order valence-electron chi connectivity index (χ4n) is 5.94. The average Bonchev–Trinajstić information content (AvgIpc) is 3.47. The van der Waals surface area contributed by atoms with Crippen molar-refractivity contribution >= 4 is 34.5 Å². The van der Waals surface area contributed by atoms with E-state index in [1.165, 1.54) is 11.3 Å². The van der Waals surface area contributed by atoms with Crippen LogP contribution in [-0.2, 0) is 6.54 Å². The summed E-state index contributed by atoms with van der Waals surface area (Å²) in [7, 11) is 5.47. The second-order valence-corrected chi connectivity index (χ2v) is 14.1. The molecule has 0 aliphatic carbocycles. The van der Waals surface area contributed by atoms with Crippen molar-refractivity contribution in [1.82, 2.24) is 9.80 Å². The Hall–Kier alpha value is -4.44. The molecular weight excluding hydrogens is 611 g/mol. The van der Waals surface area contributed by atoms with E-state index in [2.05, 4.69) is 25.2 Å². The van der Waals surface area contributed by atoms with Gasteiger partial charge in [0.15, 0.2) is 11.9 Å². The molecule has 9 heteroatoms. The number of allylic oxidation sites excluding steroid dienone is 1. The van der Waals surface area contributed by atoms with E-state index in [1.54, 1.807) is 36.3 Å². The van der Waals surface area contributed by atoms with Gasteiger partial charge in [-0.25, -0.2) is 4.79 Å². The van der Waals surface area contributed by atoms with Crippen LogP contribution in [-0.4, -0.2) is 66.6 Å². The number of aliphatic hydroxyl groups excluding tert-OH is 1. The molecule has 8 nitrogen and oxygen atoms in total. The molecule has 4 aromatic rings. The van der Waals surface area contributed by atoms with Crippen LogP contribution in [0.25, 0.3) is 16.7 Å². The Morgan fingerprint density at radius 3 is 2.34 bits per heavy atom. The van der Waals surface area contributed by atoms with Crippen LogP contribution in [0.15, 0.2) is 78.9 Å². The molecule has 5 rings (SSSR count). The smallest absolute Gasteiger partial charge is 0.415 e. The van der Waals surface area contributed by atoms with Crippen LogP contribution in [0.2, 0.25) is 0 Å². The van der Waals surface area contributed by atoms with Crippen LogP contribution >= 0.6 is 11.3 Å². The standard InChI is InChI=1S/C38H43N3O5S/c1-24-22-38(3,4)39-30-17-16-29(34(33(24)30)36(43)35(42)32-18-13-25(2)47-32)28-15-14-27(21-31(28)45-7)46-37(44)41(20-19-40(5)6)23-26-11-9-8-10-12-26/h8-18,21-22,35,39,42H,19-20,23H2,1-7H3. The Kier molecular flexibility index (Phi) is 10.2. The molecule has 1 aromatic heterocycles. The van der Waals surface area contributed by atoms with E-state index in [0.29, 0.717) is 52.7 Å². The maximum atomic E-state index is 14.3. The normalized spacial score (nSPS) is 14.1. The first-order valence-electron chi connectivity index (χ1n) is 15.6. The maximum Gasteiger partial charge on any atom is 0.415 e. The number of likely N-dealkylation sites (N-methyl/N-ethyl adjacent to an activating group) is 1. The molecule has 0 spiro atoms. The molecule has 2 heterocycles. The second-order valence-electron chi connectivity index (χ2n) is 12.7. The molecule has 47 heavy (non-hydrogen) atoms. The van der Waals surface area contributed by atoms with Gasteiger partial charge in [0.05, 0.1) is 12.6 Å². The van der Waals surface area contributed by atoms with Crippen molar-refractivity contribution in [3.05, 3.63) is 105 Å². The summed E-state index contributed by atoms with van der Waals surface area (Å²) in [6.07, 6.45) is 0.291. The summed E-state index contributed by atoms with van der Waals surface area (Å²) in [5.74, 6) is 0.347. The van der Waals surface area contributed by atoms with Gasteiger partial charge in [0.1, 0.15) is 11.5 Å². The molecule has 246 valence electrons. The summed E-state index contributed by atoms with van der Waals surface area (Å²) in [4.78, 5) is 33.0. The highest BCUT2D eigenvalue weighted by atomic mass is 32.1. The maximum absolute atomic E-state index is 14.3. The average molecular weight is 654 g/mol. The van der Waals surface area contributed by atoms with Gasteiger partial charge in [-0.2, -0.15) is 0 Å². The van der Waals surface area contributed by atoms with Gasteiger partial charge in [-0.05, 0) is 88.8 Å². The number of rotatable bonds is 11. The number of nitrogens with one attached hydrogen (secondary N) is 1. The fourth-order valence-corrected chi connectivity index (χ4v) is 6.80. The Morgan fingerprint density at radius 1 is 0.957 bits per heavy atom. The number of thiophene rings is 1. The van der Waals surface area contributed by atoms with E-state index >= 15 is 0 Å². The number of amides is 1. The van der Waals surface area contributed by atoms with Crippen LogP contribution in [0.3, 0.4) is 0 Å². The largest absolute Gasteiger partial charge is 0.496 e. The molecule has 0 saturated carbocycles. The molecule has 2 N–H and O–H groups in total. The number of nitrogens with zero attached hydrogens (tertiary/aromatic N) is 2. The molecule has 0 radical (unpaired) electrons. The SMILES string of the molecule is COc1cc(OC(=O)N(CCN(C)C)Cc2ccccc2)ccc1-c1ccc2c(c1C(=O)C(O)c1ccc(C)s1)C(C)=CC(C)(C)N2.